The van der Waals surface area contributed by atoms with E-state index in [1.165, 1.54) is 5.56 Å². The van der Waals surface area contributed by atoms with Gasteiger partial charge in [0.25, 0.3) is 0 Å². The van der Waals surface area contributed by atoms with Crippen molar-refractivity contribution in [3.05, 3.63) is 35.5 Å². The number of aromatic nitrogens is 1. The summed E-state index contributed by atoms with van der Waals surface area (Å²) in [4.78, 5) is 4.67. The van der Waals surface area contributed by atoms with Crippen molar-refractivity contribution in [2.24, 2.45) is 0 Å². The van der Waals surface area contributed by atoms with E-state index in [-0.39, 0.29) is 6.10 Å². The zero-order valence-electron chi connectivity index (χ0n) is 14.3. The minimum absolute atomic E-state index is 0.0646. The number of rotatable bonds is 3. The van der Waals surface area contributed by atoms with Gasteiger partial charge in [-0.05, 0) is 25.5 Å². The standard InChI is InChI=1S/C19H24N2O3/c1-13-14(2)21-17-6-4-3-5-16(17)18(13)20-11-15-12-23-19(24-15)7-9-22-10-8-19/h3-6,15H,7-12H2,1-2H3,(H,20,21)/t15-/m0/s1. The molecular formula is C19H24N2O3. The molecule has 3 heterocycles. The summed E-state index contributed by atoms with van der Waals surface area (Å²) in [5.41, 5.74) is 4.41. The lowest BCUT2D eigenvalue weighted by molar-refractivity contribution is -0.209. The molecule has 0 radical (unpaired) electrons. The zero-order valence-corrected chi connectivity index (χ0v) is 14.3. The maximum absolute atomic E-state index is 6.21. The van der Waals surface area contributed by atoms with Crippen molar-refractivity contribution in [3.63, 3.8) is 0 Å². The molecule has 0 amide bonds. The molecule has 2 aliphatic rings. The van der Waals surface area contributed by atoms with Gasteiger partial charge in [-0.25, -0.2) is 0 Å². The van der Waals surface area contributed by atoms with Crippen LogP contribution in [-0.4, -0.2) is 43.2 Å². The van der Waals surface area contributed by atoms with Crippen LogP contribution >= 0.6 is 0 Å². The molecule has 1 atom stereocenters. The molecule has 0 saturated carbocycles. The van der Waals surface area contributed by atoms with Crippen LogP contribution in [0.4, 0.5) is 5.69 Å². The van der Waals surface area contributed by atoms with Crippen LogP contribution in [-0.2, 0) is 14.2 Å². The van der Waals surface area contributed by atoms with Gasteiger partial charge < -0.3 is 19.5 Å². The fourth-order valence-corrected chi connectivity index (χ4v) is 3.54. The Morgan fingerprint density at radius 2 is 2.00 bits per heavy atom. The summed E-state index contributed by atoms with van der Waals surface area (Å²) in [5.74, 6) is -0.421. The highest BCUT2D eigenvalue weighted by Gasteiger charge is 2.42. The maximum atomic E-state index is 6.21. The van der Waals surface area contributed by atoms with Gasteiger partial charge in [0.1, 0.15) is 6.10 Å². The second kappa shape index (κ2) is 6.31. The third-order valence-electron chi connectivity index (χ3n) is 5.05. The third kappa shape index (κ3) is 2.88. The molecule has 1 spiro atoms. The Balaban J connectivity index is 1.50. The summed E-state index contributed by atoms with van der Waals surface area (Å²) < 4.78 is 17.6. The molecule has 2 aromatic rings. The smallest absolute Gasteiger partial charge is 0.173 e. The Morgan fingerprint density at radius 1 is 1.21 bits per heavy atom. The molecule has 1 aromatic carbocycles. The number of ether oxygens (including phenoxy) is 3. The largest absolute Gasteiger partial charge is 0.382 e. The number of aryl methyl sites for hydroxylation is 1. The SMILES string of the molecule is Cc1nc2ccccc2c(NC[C@H]2COC3(CCOCC3)O2)c1C. The monoisotopic (exact) mass is 328 g/mol. The van der Waals surface area contributed by atoms with Gasteiger partial charge in [0.2, 0.25) is 0 Å². The minimum Gasteiger partial charge on any atom is -0.382 e. The number of pyridine rings is 1. The number of fused-ring (bicyclic) bond motifs is 1. The quantitative estimate of drug-likeness (QED) is 0.938. The third-order valence-corrected chi connectivity index (χ3v) is 5.05. The molecule has 0 unspecified atom stereocenters. The van der Waals surface area contributed by atoms with Crippen LogP contribution in [0.5, 0.6) is 0 Å². The van der Waals surface area contributed by atoms with E-state index in [1.54, 1.807) is 0 Å². The summed E-state index contributed by atoms with van der Waals surface area (Å²) in [5, 5.41) is 4.74. The first kappa shape index (κ1) is 15.8. The molecular weight excluding hydrogens is 304 g/mol. The van der Waals surface area contributed by atoms with Crippen molar-refractivity contribution in [2.45, 2.75) is 38.6 Å². The molecule has 0 aliphatic carbocycles. The number of benzene rings is 1. The van der Waals surface area contributed by atoms with Gasteiger partial charge in [-0.15, -0.1) is 0 Å². The average molecular weight is 328 g/mol. The second-order valence-electron chi connectivity index (χ2n) is 6.67. The molecule has 1 aromatic heterocycles. The molecule has 2 fully saturated rings. The van der Waals surface area contributed by atoms with Gasteiger partial charge in [0.15, 0.2) is 5.79 Å². The van der Waals surface area contributed by atoms with Crippen molar-refractivity contribution in [2.75, 3.05) is 31.7 Å². The first-order chi connectivity index (χ1) is 11.7. The van der Waals surface area contributed by atoms with E-state index in [9.17, 15) is 0 Å². The fourth-order valence-electron chi connectivity index (χ4n) is 3.54. The van der Waals surface area contributed by atoms with Gasteiger partial charge in [0.05, 0.1) is 25.3 Å². The topological polar surface area (TPSA) is 52.6 Å². The summed E-state index contributed by atoms with van der Waals surface area (Å²) in [6.45, 7) is 6.97. The van der Waals surface area contributed by atoms with Gasteiger partial charge >= 0.3 is 0 Å². The zero-order chi connectivity index (χ0) is 16.6. The Bertz CT molecular complexity index is 741. The van der Waals surface area contributed by atoms with Crippen LogP contribution in [0.25, 0.3) is 10.9 Å². The van der Waals surface area contributed by atoms with Crippen molar-refractivity contribution >= 4 is 16.6 Å². The highest BCUT2D eigenvalue weighted by atomic mass is 16.7. The Labute approximate surface area is 142 Å². The first-order valence-electron chi connectivity index (χ1n) is 8.66. The fraction of sp³-hybridized carbons (Fsp3) is 0.526. The number of anilines is 1. The summed E-state index contributed by atoms with van der Waals surface area (Å²) in [7, 11) is 0. The second-order valence-corrected chi connectivity index (χ2v) is 6.67. The predicted octanol–water partition coefficient (Wildman–Crippen LogP) is 3.19. The van der Waals surface area contributed by atoms with Gasteiger partial charge in [-0.3, -0.25) is 4.98 Å². The first-order valence-corrected chi connectivity index (χ1v) is 8.66. The number of hydrogen-bond acceptors (Lipinski definition) is 5. The number of para-hydroxylation sites is 1. The predicted molar refractivity (Wildman–Crippen MR) is 93.3 cm³/mol. The molecule has 4 rings (SSSR count). The Hall–Kier alpha value is -1.69. The molecule has 1 N–H and O–H groups in total. The molecule has 128 valence electrons. The Kier molecular flexibility index (Phi) is 4.16. The van der Waals surface area contributed by atoms with E-state index in [4.69, 9.17) is 14.2 Å². The summed E-state index contributed by atoms with van der Waals surface area (Å²) >= 11 is 0. The van der Waals surface area contributed by atoms with Gasteiger partial charge in [0, 0.05) is 36.2 Å². The van der Waals surface area contributed by atoms with Crippen LogP contribution < -0.4 is 5.32 Å². The molecule has 5 heteroatoms. The van der Waals surface area contributed by atoms with Crippen LogP contribution in [0, 0.1) is 13.8 Å². The van der Waals surface area contributed by atoms with Crippen LogP contribution in [0.3, 0.4) is 0 Å². The van der Waals surface area contributed by atoms with Crippen molar-refractivity contribution in [1.29, 1.82) is 0 Å². The Morgan fingerprint density at radius 3 is 2.83 bits per heavy atom. The summed E-state index contributed by atoms with van der Waals surface area (Å²) in [6, 6.07) is 8.25. The van der Waals surface area contributed by atoms with Crippen LogP contribution in [0.1, 0.15) is 24.1 Å². The summed E-state index contributed by atoms with van der Waals surface area (Å²) in [6.07, 6.45) is 1.70. The van der Waals surface area contributed by atoms with Crippen LogP contribution in [0.2, 0.25) is 0 Å². The molecule has 2 saturated heterocycles. The van der Waals surface area contributed by atoms with E-state index < -0.39 is 5.79 Å². The lowest BCUT2D eigenvalue weighted by Gasteiger charge is -2.31. The van der Waals surface area contributed by atoms with E-state index in [0.717, 1.165) is 41.7 Å². The maximum Gasteiger partial charge on any atom is 0.173 e. The van der Waals surface area contributed by atoms with E-state index >= 15 is 0 Å². The van der Waals surface area contributed by atoms with E-state index in [1.807, 2.05) is 6.07 Å². The number of nitrogens with one attached hydrogen (secondary N) is 1. The normalized spacial score (nSPS) is 23.0. The highest BCUT2D eigenvalue weighted by Crippen LogP contribution is 2.34. The molecule has 5 nitrogen and oxygen atoms in total. The van der Waals surface area contributed by atoms with Gasteiger partial charge in [-0.2, -0.15) is 0 Å². The lowest BCUT2D eigenvalue weighted by atomic mass is 10.1. The number of hydrogen-bond donors (Lipinski definition) is 1. The molecule has 24 heavy (non-hydrogen) atoms. The average Bonchev–Trinajstić information content (AvgIpc) is 2.98. The van der Waals surface area contributed by atoms with Crippen molar-refractivity contribution in [1.82, 2.24) is 4.98 Å². The number of nitrogens with zero attached hydrogens (tertiary/aromatic N) is 1. The van der Waals surface area contributed by atoms with E-state index in [0.29, 0.717) is 19.8 Å². The minimum atomic E-state index is -0.421. The van der Waals surface area contributed by atoms with Gasteiger partial charge in [-0.1, -0.05) is 18.2 Å². The lowest BCUT2D eigenvalue weighted by Crippen LogP contribution is -2.38. The van der Waals surface area contributed by atoms with Crippen molar-refractivity contribution < 1.29 is 14.2 Å². The van der Waals surface area contributed by atoms with Crippen molar-refractivity contribution in [3.8, 4) is 0 Å². The highest BCUT2D eigenvalue weighted by molar-refractivity contribution is 5.93. The van der Waals surface area contributed by atoms with E-state index in [2.05, 4.69) is 42.3 Å². The van der Waals surface area contributed by atoms with Crippen LogP contribution in [0.15, 0.2) is 24.3 Å². The molecule has 2 aliphatic heterocycles. The molecule has 0 bridgehead atoms.